The summed E-state index contributed by atoms with van der Waals surface area (Å²) in [6, 6.07) is 0.548. The van der Waals surface area contributed by atoms with Crippen molar-refractivity contribution >= 4 is 5.91 Å². The molecule has 3 rings (SSSR count). The van der Waals surface area contributed by atoms with Crippen molar-refractivity contribution in [1.82, 2.24) is 10.2 Å². The zero-order valence-electron chi connectivity index (χ0n) is 11.5. The molecule has 1 amide bonds. The van der Waals surface area contributed by atoms with E-state index in [0.29, 0.717) is 6.04 Å². The quantitative estimate of drug-likeness (QED) is 0.809. The first-order chi connectivity index (χ1) is 8.70. The summed E-state index contributed by atoms with van der Waals surface area (Å²) < 4.78 is 0. The van der Waals surface area contributed by atoms with Crippen molar-refractivity contribution in [3.63, 3.8) is 0 Å². The molecule has 3 aliphatic rings. The molecule has 1 saturated heterocycles. The van der Waals surface area contributed by atoms with Crippen LogP contribution in [0.3, 0.4) is 0 Å². The minimum atomic E-state index is 0.258. The second kappa shape index (κ2) is 5.20. The highest BCUT2D eigenvalue weighted by Crippen LogP contribution is 2.38. The fraction of sp³-hybridized carbons (Fsp3) is 0.933. The topological polar surface area (TPSA) is 32.3 Å². The Hall–Kier alpha value is -0.570. The molecule has 1 aliphatic heterocycles. The number of rotatable bonds is 5. The highest BCUT2D eigenvalue weighted by atomic mass is 16.2. The Morgan fingerprint density at radius 3 is 2.44 bits per heavy atom. The van der Waals surface area contributed by atoms with Crippen LogP contribution >= 0.6 is 0 Å². The van der Waals surface area contributed by atoms with Crippen molar-refractivity contribution in [2.45, 2.75) is 51.5 Å². The van der Waals surface area contributed by atoms with Crippen LogP contribution in [0.1, 0.15) is 45.4 Å². The third-order valence-corrected chi connectivity index (χ3v) is 4.74. The lowest BCUT2D eigenvalue weighted by atomic mass is 9.89. The van der Waals surface area contributed by atoms with Gasteiger partial charge in [-0.2, -0.15) is 0 Å². The van der Waals surface area contributed by atoms with Gasteiger partial charge < -0.3 is 10.2 Å². The highest BCUT2D eigenvalue weighted by molar-refractivity contribution is 5.73. The van der Waals surface area contributed by atoms with Gasteiger partial charge in [-0.15, -0.1) is 0 Å². The molecule has 0 aromatic rings. The average Bonchev–Trinajstić information content (AvgIpc) is 3.21. The molecular weight excluding hydrogens is 224 g/mol. The largest absolute Gasteiger partial charge is 0.341 e. The number of piperidine rings is 1. The molecule has 3 fully saturated rings. The summed E-state index contributed by atoms with van der Waals surface area (Å²) in [6.07, 6.45) is 8.30. The minimum absolute atomic E-state index is 0.258. The maximum absolute atomic E-state index is 11.6. The lowest BCUT2D eigenvalue weighted by Gasteiger charge is -2.38. The summed E-state index contributed by atoms with van der Waals surface area (Å²) in [7, 11) is 0. The van der Waals surface area contributed by atoms with E-state index < -0.39 is 0 Å². The van der Waals surface area contributed by atoms with Gasteiger partial charge in [-0.05, 0) is 50.0 Å². The zero-order valence-corrected chi connectivity index (χ0v) is 11.5. The predicted octanol–water partition coefficient (Wildman–Crippen LogP) is 2.02. The Balaban J connectivity index is 1.52. The summed E-state index contributed by atoms with van der Waals surface area (Å²) in [5, 5.41) is 3.70. The van der Waals surface area contributed by atoms with Crippen LogP contribution in [0.25, 0.3) is 0 Å². The summed E-state index contributed by atoms with van der Waals surface area (Å²) in [6.45, 7) is 4.83. The summed E-state index contributed by atoms with van der Waals surface area (Å²) >= 11 is 0. The average molecular weight is 250 g/mol. The fourth-order valence-corrected chi connectivity index (χ4v) is 3.26. The molecule has 3 nitrogen and oxygen atoms in total. The van der Waals surface area contributed by atoms with Gasteiger partial charge in [0.2, 0.25) is 5.91 Å². The first-order valence-electron chi connectivity index (χ1n) is 7.69. The molecule has 0 spiro atoms. The van der Waals surface area contributed by atoms with Gasteiger partial charge in [-0.1, -0.05) is 12.8 Å². The van der Waals surface area contributed by atoms with Crippen molar-refractivity contribution in [2.75, 3.05) is 19.6 Å². The minimum Gasteiger partial charge on any atom is -0.341 e. The number of nitrogens with one attached hydrogen (secondary N) is 1. The Morgan fingerprint density at radius 1 is 1.11 bits per heavy atom. The van der Waals surface area contributed by atoms with E-state index in [2.05, 4.69) is 10.2 Å². The maximum atomic E-state index is 11.6. The Morgan fingerprint density at radius 2 is 1.83 bits per heavy atom. The van der Waals surface area contributed by atoms with Crippen molar-refractivity contribution in [3.05, 3.63) is 0 Å². The number of hydrogen-bond donors (Lipinski definition) is 1. The first kappa shape index (κ1) is 12.5. The van der Waals surface area contributed by atoms with E-state index in [1.54, 1.807) is 6.92 Å². The third-order valence-electron chi connectivity index (χ3n) is 4.74. The number of amides is 1. The molecule has 2 aliphatic carbocycles. The summed E-state index contributed by atoms with van der Waals surface area (Å²) in [4.78, 5) is 13.7. The SMILES string of the molecule is CC(=O)N1CC(CC2CC2)CC(NCC2CC2)C1. The van der Waals surface area contributed by atoms with Crippen LogP contribution in [0.4, 0.5) is 0 Å². The normalized spacial score (nSPS) is 32.6. The van der Waals surface area contributed by atoms with Crippen molar-refractivity contribution in [2.24, 2.45) is 17.8 Å². The Bertz CT molecular complexity index is 310. The van der Waals surface area contributed by atoms with Crippen molar-refractivity contribution < 1.29 is 4.79 Å². The van der Waals surface area contributed by atoms with Crippen LogP contribution in [0.2, 0.25) is 0 Å². The van der Waals surface area contributed by atoms with Gasteiger partial charge in [0, 0.05) is 26.1 Å². The van der Waals surface area contributed by atoms with E-state index >= 15 is 0 Å². The lowest BCUT2D eigenvalue weighted by Crippen LogP contribution is -2.51. The van der Waals surface area contributed by atoms with Gasteiger partial charge in [0.15, 0.2) is 0 Å². The molecule has 2 atom stereocenters. The molecule has 18 heavy (non-hydrogen) atoms. The van der Waals surface area contributed by atoms with Crippen LogP contribution in [0.15, 0.2) is 0 Å². The number of hydrogen-bond acceptors (Lipinski definition) is 2. The van der Waals surface area contributed by atoms with Crippen LogP contribution in [-0.4, -0.2) is 36.5 Å². The van der Waals surface area contributed by atoms with Crippen molar-refractivity contribution in [3.8, 4) is 0 Å². The zero-order chi connectivity index (χ0) is 12.5. The summed E-state index contributed by atoms with van der Waals surface area (Å²) in [5.74, 6) is 2.91. The maximum Gasteiger partial charge on any atom is 0.219 e. The van der Waals surface area contributed by atoms with Crippen LogP contribution in [0, 0.1) is 17.8 Å². The second-order valence-electron chi connectivity index (χ2n) is 6.75. The first-order valence-corrected chi connectivity index (χ1v) is 7.69. The molecule has 1 N–H and O–H groups in total. The Labute approximate surface area is 110 Å². The molecule has 1 heterocycles. The molecule has 0 aromatic heterocycles. The molecule has 2 unspecified atom stereocenters. The number of likely N-dealkylation sites (tertiary alicyclic amines) is 1. The van der Waals surface area contributed by atoms with Crippen molar-refractivity contribution in [1.29, 1.82) is 0 Å². The van der Waals surface area contributed by atoms with E-state index in [1.165, 1.54) is 45.1 Å². The van der Waals surface area contributed by atoms with Gasteiger partial charge in [0.05, 0.1) is 0 Å². The Kier molecular flexibility index (Phi) is 3.60. The second-order valence-corrected chi connectivity index (χ2v) is 6.75. The van der Waals surface area contributed by atoms with Gasteiger partial charge >= 0.3 is 0 Å². The predicted molar refractivity (Wildman–Crippen MR) is 72.2 cm³/mol. The molecule has 0 radical (unpaired) electrons. The van der Waals surface area contributed by atoms with Crippen LogP contribution < -0.4 is 5.32 Å². The van der Waals surface area contributed by atoms with Crippen LogP contribution in [0.5, 0.6) is 0 Å². The van der Waals surface area contributed by atoms with E-state index in [-0.39, 0.29) is 5.91 Å². The number of nitrogens with zero attached hydrogens (tertiary/aromatic N) is 1. The van der Waals surface area contributed by atoms with Gasteiger partial charge in [0.25, 0.3) is 0 Å². The van der Waals surface area contributed by atoms with E-state index in [1.807, 2.05) is 0 Å². The van der Waals surface area contributed by atoms with Gasteiger partial charge in [0.1, 0.15) is 0 Å². The molecule has 102 valence electrons. The van der Waals surface area contributed by atoms with E-state index in [0.717, 1.165) is 30.8 Å². The number of carbonyl (C=O) groups is 1. The molecular formula is C15H26N2O. The molecule has 2 saturated carbocycles. The monoisotopic (exact) mass is 250 g/mol. The summed E-state index contributed by atoms with van der Waals surface area (Å²) in [5.41, 5.74) is 0. The van der Waals surface area contributed by atoms with Gasteiger partial charge in [-0.25, -0.2) is 0 Å². The van der Waals surface area contributed by atoms with Gasteiger partial charge in [-0.3, -0.25) is 4.79 Å². The molecule has 0 aromatic carbocycles. The van der Waals surface area contributed by atoms with E-state index in [4.69, 9.17) is 0 Å². The molecule has 3 heteroatoms. The smallest absolute Gasteiger partial charge is 0.219 e. The van der Waals surface area contributed by atoms with Crippen LogP contribution in [-0.2, 0) is 4.79 Å². The standard InChI is InChI=1S/C15H26N2O/c1-11(18)17-9-14(6-12-2-3-12)7-15(10-17)16-8-13-4-5-13/h12-16H,2-10H2,1H3. The lowest BCUT2D eigenvalue weighted by molar-refractivity contribution is -0.131. The highest BCUT2D eigenvalue weighted by Gasteiger charge is 2.33. The van der Waals surface area contributed by atoms with E-state index in [9.17, 15) is 4.79 Å². The fourth-order valence-electron chi connectivity index (χ4n) is 3.26. The number of carbonyl (C=O) groups excluding carboxylic acids is 1. The third kappa shape index (κ3) is 3.47. The molecule has 0 bridgehead atoms.